The van der Waals surface area contributed by atoms with E-state index in [2.05, 4.69) is 10.5 Å². The van der Waals surface area contributed by atoms with Crippen LogP contribution in [0.3, 0.4) is 0 Å². The third-order valence-corrected chi connectivity index (χ3v) is 3.27. The van der Waals surface area contributed by atoms with Gasteiger partial charge in [0.15, 0.2) is 0 Å². The van der Waals surface area contributed by atoms with E-state index in [0.717, 1.165) is 5.69 Å². The van der Waals surface area contributed by atoms with E-state index in [1.54, 1.807) is 26.0 Å². The summed E-state index contributed by atoms with van der Waals surface area (Å²) < 4.78 is 5.04. The number of esters is 1. The first-order chi connectivity index (χ1) is 10.5. The fourth-order valence-electron chi connectivity index (χ4n) is 2.16. The Kier molecular flexibility index (Phi) is 5.11. The SMILES string of the molecule is CCOC(=O)C1CN(N(C)C)C(=O)/C1=N\Nc1ccccc1. The lowest BCUT2D eigenvalue weighted by Crippen LogP contribution is -2.39. The highest BCUT2D eigenvalue weighted by Crippen LogP contribution is 2.19. The highest BCUT2D eigenvalue weighted by Gasteiger charge is 2.43. The van der Waals surface area contributed by atoms with E-state index >= 15 is 0 Å². The molecule has 1 fully saturated rings. The molecule has 0 radical (unpaired) electrons. The van der Waals surface area contributed by atoms with Crippen molar-refractivity contribution in [2.75, 3.05) is 32.7 Å². The van der Waals surface area contributed by atoms with Gasteiger partial charge in [0.05, 0.1) is 18.8 Å². The second-order valence-corrected chi connectivity index (χ2v) is 5.01. The van der Waals surface area contributed by atoms with Crippen molar-refractivity contribution in [3.05, 3.63) is 30.3 Å². The molecule has 1 aromatic rings. The zero-order chi connectivity index (χ0) is 16.1. The number of carbonyl (C=O) groups excluding carboxylic acids is 2. The topological polar surface area (TPSA) is 74.2 Å². The Hall–Kier alpha value is -2.41. The lowest BCUT2D eigenvalue weighted by molar-refractivity contribution is -0.146. The Morgan fingerprint density at radius 2 is 2.09 bits per heavy atom. The summed E-state index contributed by atoms with van der Waals surface area (Å²) in [6, 6.07) is 9.25. The maximum absolute atomic E-state index is 12.4. The van der Waals surface area contributed by atoms with Gasteiger partial charge in [-0.2, -0.15) is 5.10 Å². The molecule has 1 aromatic carbocycles. The Bertz CT molecular complexity index is 571. The number of ether oxygens (including phenoxy) is 1. The van der Waals surface area contributed by atoms with Crippen molar-refractivity contribution >= 4 is 23.3 Å². The average Bonchev–Trinajstić information content (AvgIpc) is 2.83. The number of benzene rings is 1. The van der Waals surface area contributed by atoms with Crippen LogP contribution in [0.1, 0.15) is 6.92 Å². The molecule has 1 saturated heterocycles. The van der Waals surface area contributed by atoms with Crippen molar-refractivity contribution in [1.29, 1.82) is 0 Å². The smallest absolute Gasteiger partial charge is 0.317 e. The fourth-order valence-corrected chi connectivity index (χ4v) is 2.16. The number of nitrogens with one attached hydrogen (secondary N) is 1. The number of hydrazone groups is 1. The van der Waals surface area contributed by atoms with E-state index in [-0.39, 0.29) is 24.8 Å². The first kappa shape index (κ1) is 16.0. The van der Waals surface area contributed by atoms with Crippen LogP contribution < -0.4 is 5.43 Å². The predicted molar refractivity (Wildman–Crippen MR) is 83.0 cm³/mol. The highest BCUT2D eigenvalue weighted by molar-refractivity contribution is 6.44. The fraction of sp³-hybridized carbons (Fsp3) is 0.400. The van der Waals surface area contributed by atoms with Crippen molar-refractivity contribution in [2.24, 2.45) is 11.0 Å². The predicted octanol–water partition coefficient (Wildman–Crippen LogP) is 0.953. The first-order valence-corrected chi connectivity index (χ1v) is 7.09. The number of rotatable bonds is 5. The zero-order valence-corrected chi connectivity index (χ0v) is 12.9. The molecule has 0 aromatic heterocycles. The van der Waals surface area contributed by atoms with E-state index < -0.39 is 11.9 Å². The Balaban J connectivity index is 2.23. The minimum Gasteiger partial charge on any atom is -0.465 e. The summed E-state index contributed by atoms with van der Waals surface area (Å²) >= 11 is 0. The van der Waals surface area contributed by atoms with Crippen LogP contribution in [0.2, 0.25) is 0 Å². The Morgan fingerprint density at radius 1 is 1.41 bits per heavy atom. The number of nitrogens with zero attached hydrogens (tertiary/aromatic N) is 3. The van der Waals surface area contributed by atoms with E-state index in [1.165, 1.54) is 5.01 Å². The van der Waals surface area contributed by atoms with Crippen molar-refractivity contribution in [3.8, 4) is 0 Å². The van der Waals surface area contributed by atoms with Gasteiger partial charge in [0, 0.05) is 14.1 Å². The van der Waals surface area contributed by atoms with Crippen molar-refractivity contribution in [2.45, 2.75) is 6.92 Å². The molecule has 118 valence electrons. The Morgan fingerprint density at radius 3 is 2.68 bits per heavy atom. The number of hydrogen-bond acceptors (Lipinski definition) is 6. The first-order valence-electron chi connectivity index (χ1n) is 7.09. The molecule has 7 heteroatoms. The molecule has 7 nitrogen and oxygen atoms in total. The van der Waals surface area contributed by atoms with Gasteiger partial charge in [0.1, 0.15) is 11.6 Å². The van der Waals surface area contributed by atoms with Crippen LogP contribution in [0.15, 0.2) is 35.4 Å². The minimum absolute atomic E-state index is 0.163. The van der Waals surface area contributed by atoms with Gasteiger partial charge >= 0.3 is 5.97 Å². The lowest BCUT2D eigenvalue weighted by Gasteiger charge is -2.22. The maximum atomic E-state index is 12.4. The molecule has 1 aliphatic heterocycles. The molecule has 22 heavy (non-hydrogen) atoms. The van der Waals surface area contributed by atoms with Gasteiger partial charge in [-0.3, -0.25) is 20.0 Å². The average molecular weight is 304 g/mol. The van der Waals surface area contributed by atoms with Crippen molar-refractivity contribution in [1.82, 2.24) is 10.0 Å². The number of anilines is 1. The third-order valence-electron chi connectivity index (χ3n) is 3.27. The molecule has 0 spiro atoms. The zero-order valence-electron chi connectivity index (χ0n) is 12.9. The molecule has 1 unspecified atom stereocenters. The van der Waals surface area contributed by atoms with E-state index in [4.69, 9.17) is 4.74 Å². The normalized spacial score (nSPS) is 19.8. The quantitative estimate of drug-likeness (QED) is 0.647. The molecule has 1 amide bonds. The molecule has 0 saturated carbocycles. The van der Waals surface area contributed by atoms with E-state index in [9.17, 15) is 9.59 Å². The van der Waals surface area contributed by atoms with Crippen LogP contribution in [-0.4, -0.2) is 54.9 Å². The van der Waals surface area contributed by atoms with Gasteiger partial charge in [0.25, 0.3) is 5.91 Å². The van der Waals surface area contributed by atoms with Gasteiger partial charge in [0.2, 0.25) is 0 Å². The van der Waals surface area contributed by atoms with Gasteiger partial charge < -0.3 is 4.74 Å². The Labute approximate surface area is 129 Å². The summed E-state index contributed by atoms with van der Waals surface area (Å²) in [5, 5.41) is 7.24. The monoisotopic (exact) mass is 304 g/mol. The summed E-state index contributed by atoms with van der Waals surface area (Å²) in [5.74, 6) is -1.42. The van der Waals surface area contributed by atoms with Crippen molar-refractivity contribution < 1.29 is 14.3 Å². The summed E-state index contributed by atoms with van der Waals surface area (Å²) in [6.07, 6.45) is 0. The summed E-state index contributed by atoms with van der Waals surface area (Å²) in [6.45, 7) is 2.24. The van der Waals surface area contributed by atoms with Crippen LogP contribution in [0.25, 0.3) is 0 Å². The van der Waals surface area contributed by atoms with Gasteiger partial charge in [-0.05, 0) is 19.1 Å². The molecular formula is C15H20N4O3. The van der Waals surface area contributed by atoms with Crippen molar-refractivity contribution in [3.63, 3.8) is 0 Å². The summed E-state index contributed by atoms with van der Waals surface area (Å²) in [5.41, 5.74) is 3.72. The van der Waals surface area contributed by atoms with Crippen LogP contribution in [0, 0.1) is 5.92 Å². The number of hydrogen-bond donors (Lipinski definition) is 1. The molecule has 0 aliphatic carbocycles. The second kappa shape index (κ2) is 7.04. The molecular weight excluding hydrogens is 284 g/mol. The minimum atomic E-state index is -0.689. The molecule has 1 N–H and O–H groups in total. The van der Waals surface area contributed by atoms with Crippen LogP contribution in [0.4, 0.5) is 5.69 Å². The van der Waals surface area contributed by atoms with E-state index in [1.807, 2.05) is 30.3 Å². The number of hydrazine groups is 1. The van der Waals surface area contributed by atoms with Gasteiger partial charge in [-0.1, -0.05) is 18.2 Å². The molecule has 1 aliphatic rings. The number of amides is 1. The lowest BCUT2D eigenvalue weighted by atomic mass is 10.1. The summed E-state index contributed by atoms with van der Waals surface area (Å²) in [7, 11) is 3.49. The van der Waals surface area contributed by atoms with Gasteiger partial charge in [-0.25, -0.2) is 5.01 Å². The summed E-state index contributed by atoms with van der Waals surface area (Å²) in [4.78, 5) is 24.4. The van der Waals surface area contributed by atoms with Crippen LogP contribution in [-0.2, 0) is 14.3 Å². The maximum Gasteiger partial charge on any atom is 0.317 e. The standard InChI is InChI=1S/C15H20N4O3/c1-4-22-15(21)12-10-19(18(2)3)14(20)13(12)17-16-11-8-6-5-7-9-11/h5-9,12,16H,4,10H2,1-3H3/b17-13-. The number of para-hydroxylation sites is 1. The third kappa shape index (κ3) is 3.43. The van der Waals surface area contributed by atoms with Crippen LogP contribution in [0.5, 0.6) is 0 Å². The van der Waals surface area contributed by atoms with E-state index in [0.29, 0.717) is 0 Å². The molecule has 2 rings (SSSR count). The highest BCUT2D eigenvalue weighted by atomic mass is 16.5. The largest absolute Gasteiger partial charge is 0.465 e. The molecule has 0 bridgehead atoms. The molecule has 1 atom stereocenters. The number of carbonyl (C=O) groups is 2. The van der Waals surface area contributed by atoms with Crippen LogP contribution >= 0.6 is 0 Å². The molecule has 1 heterocycles. The second-order valence-electron chi connectivity index (χ2n) is 5.01. The van der Waals surface area contributed by atoms with Gasteiger partial charge in [-0.15, -0.1) is 0 Å².